The van der Waals surface area contributed by atoms with Gasteiger partial charge in [0.25, 0.3) is 0 Å². The molecule has 1 fully saturated rings. The number of ether oxygens (including phenoxy) is 1. The minimum Gasteiger partial charge on any atom is -0.481 e. The van der Waals surface area contributed by atoms with Crippen LogP contribution in [0.5, 0.6) is 0 Å². The van der Waals surface area contributed by atoms with Gasteiger partial charge in [-0.15, -0.1) is 0 Å². The summed E-state index contributed by atoms with van der Waals surface area (Å²) >= 11 is 6.02. The Morgan fingerprint density at radius 2 is 2.05 bits per heavy atom. The summed E-state index contributed by atoms with van der Waals surface area (Å²) < 4.78 is 32.9. The first kappa shape index (κ1) is 17.2. The molecule has 22 heavy (non-hydrogen) atoms. The highest BCUT2D eigenvalue weighted by atomic mass is 35.5. The van der Waals surface area contributed by atoms with E-state index in [-0.39, 0.29) is 16.3 Å². The number of sulfonamides is 1. The van der Waals surface area contributed by atoms with E-state index in [1.165, 1.54) is 6.07 Å². The van der Waals surface area contributed by atoms with Crippen molar-refractivity contribution in [3.05, 3.63) is 28.8 Å². The van der Waals surface area contributed by atoms with E-state index in [0.717, 1.165) is 5.56 Å². The Bertz CT molecular complexity index is 668. The fourth-order valence-electron chi connectivity index (χ4n) is 2.53. The maximum Gasteiger partial charge on any atom is 0.305 e. The van der Waals surface area contributed by atoms with Crippen LogP contribution in [0.2, 0.25) is 5.02 Å². The fourth-order valence-corrected chi connectivity index (χ4v) is 4.59. The van der Waals surface area contributed by atoms with Crippen molar-refractivity contribution in [3.63, 3.8) is 0 Å². The van der Waals surface area contributed by atoms with E-state index >= 15 is 0 Å². The molecule has 0 spiro atoms. The lowest BCUT2D eigenvalue weighted by Crippen LogP contribution is -2.53. The van der Waals surface area contributed by atoms with Crippen LogP contribution in [-0.4, -0.2) is 38.2 Å². The predicted octanol–water partition coefficient (Wildman–Crippen LogP) is 1.95. The second-order valence-corrected chi connectivity index (χ2v) is 7.56. The summed E-state index contributed by atoms with van der Waals surface area (Å²) in [7, 11) is -3.91. The molecule has 0 amide bonds. The number of hydrogen-bond donors (Lipinski definition) is 2. The number of aliphatic carboxylic acids is 1. The molecule has 0 aliphatic carbocycles. The van der Waals surface area contributed by atoms with Crippen LogP contribution >= 0.6 is 11.6 Å². The molecule has 122 valence electrons. The second-order valence-electron chi connectivity index (χ2n) is 5.50. The molecule has 0 bridgehead atoms. The molecule has 2 N–H and O–H groups in total. The van der Waals surface area contributed by atoms with Crippen LogP contribution in [0.1, 0.15) is 24.8 Å². The average molecular weight is 348 g/mol. The number of nitrogens with one attached hydrogen (secondary N) is 1. The van der Waals surface area contributed by atoms with Crippen LogP contribution < -0.4 is 4.72 Å². The van der Waals surface area contributed by atoms with Crippen LogP contribution in [-0.2, 0) is 19.6 Å². The first-order valence-electron chi connectivity index (χ1n) is 6.84. The summed E-state index contributed by atoms with van der Waals surface area (Å²) in [6.07, 6.45) is 0.323. The van der Waals surface area contributed by atoms with Crippen molar-refractivity contribution >= 4 is 27.6 Å². The van der Waals surface area contributed by atoms with Gasteiger partial charge in [-0.3, -0.25) is 4.79 Å². The molecule has 0 atom stereocenters. The number of halogens is 1. The number of carboxylic acids is 1. The molecule has 1 heterocycles. The molecule has 1 aromatic carbocycles. The largest absolute Gasteiger partial charge is 0.481 e. The lowest BCUT2D eigenvalue weighted by molar-refractivity contribution is -0.139. The topological polar surface area (TPSA) is 92.7 Å². The number of carboxylic acid groups (broad SMARTS) is 1. The minimum absolute atomic E-state index is 0.0453. The Balaban J connectivity index is 2.33. The van der Waals surface area contributed by atoms with Crippen LogP contribution in [0, 0.1) is 6.92 Å². The van der Waals surface area contributed by atoms with E-state index in [0.29, 0.717) is 26.1 Å². The van der Waals surface area contributed by atoms with Crippen molar-refractivity contribution in [2.75, 3.05) is 13.2 Å². The maximum atomic E-state index is 12.6. The Morgan fingerprint density at radius 1 is 1.41 bits per heavy atom. The van der Waals surface area contributed by atoms with E-state index in [2.05, 4.69) is 4.72 Å². The first-order valence-corrected chi connectivity index (χ1v) is 8.70. The van der Waals surface area contributed by atoms with Crippen LogP contribution in [0.15, 0.2) is 23.1 Å². The third-order valence-electron chi connectivity index (χ3n) is 3.67. The van der Waals surface area contributed by atoms with Crippen LogP contribution in [0.4, 0.5) is 0 Å². The van der Waals surface area contributed by atoms with Gasteiger partial charge in [0.15, 0.2) is 0 Å². The molecule has 1 aliphatic rings. The van der Waals surface area contributed by atoms with Gasteiger partial charge in [-0.05, 0) is 37.5 Å². The van der Waals surface area contributed by atoms with Crippen molar-refractivity contribution in [1.82, 2.24) is 4.72 Å². The molecule has 0 aromatic heterocycles. The lowest BCUT2D eigenvalue weighted by atomic mass is 9.88. The molecule has 0 unspecified atom stereocenters. The summed E-state index contributed by atoms with van der Waals surface area (Å²) in [5.41, 5.74) is -0.202. The van der Waals surface area contributed by atoms with Crippen molar-refractivity contribution in [3.8, 4) is 0 Å². The number of hydrogen-bond acceptors (Lipinski definition) is 4. The number of aryl methyl sites for hydroxylation is 1. The van der Waals surface area contributed by atoms with Gasteiger partial charge in [0, 0.05) is 18.8 Å². The van der Waals surface area contributed by atoms with Crippen molar-refractivity contribution in [1.29, 1.82) is 0 Å². The molecule has 0 radical (unpaired) electrons. The van der Waals surface area contributed by atoms with Crippen LogP contribution in [0.3, 0.4) is 0 Å². The van der Waals surface area contributed by atoms with Crippen molar-refractivity contribution in [2.45, 2.75) is 36.6 Å². The molecular weight excluding hydrogens is 330 g/mol. The highest BCUT2D eigenvalue weighted by Crippen LogP contribution is 2.29. The Morgan fingerprint density at radius 3 is 2.59 bits per heavy atom. The molecule has 0 saturated carbocycles. The SMILES string of the molecule is Cc1ccc(S(=O)(=O)NC2(CC(=O)O)CCOCC2)c(Cl)c1. The van der Waals surface area contributed by atoms with Gasteiger partial charge in [0.1, 0.15) is 4.90 Å². The lowest BCUT2D eigenvalue weighted by Gasteiger charge is -2.36. The highest BCUT2D eigenvalue weighted by molar-refractivity contribution is 7.89. The zero-order valence-corrected chi connectivity index (χ0v) is 13.7. The quantitative estimate of drug-likeness (QED) is 0.849. The Kier molecular flexibility index (Phi) is 5.11. The van der Waals surface area contributed by atoms with Gasteiger partial charge in [0.2, 0.25) is 10.0 Å². The second kappa shape index (κ2) is 6.54. The van der Waals surface area contributed by atoms with E-state index in [1.54, 1.807) is 19.1 Å². The van der Waals surface area contributed by atoms with Gasteiger partial charge < -0.3 is 9.84 Å². The highest BCUT2D eigenvalue weighted by Gasteiger charge is 2.39. The predicted molar refractivity (Wildman–Crippen MR) is 81.5 cm³/mol. The maximum absolute atomic E-state index is 12.6. The van der Waals surface area contributed by atoms with Gasteiger partial charge in [-0.1, -0.05) is 17.7 Å². The van der Waals surface area contributed by atoms with Crippen molar-refractivity contribution < 1.29 is 23.1 Å². The minimum atomic E-state index is -3.91. The smallest absolute Gasteiger partial charge is 0.305 e. The number of carbonyl (C=O) groups is 1. The average Bonchev–Trinajstić information content (AvgIpc) is 2.37. The number of rotatable bonds is 5. The summed E-state index contributed by atoms with van der Waals surface area (Å²) in [5, 5.41) is 9.20. The third-order valence-corrected chi connectivity index (χ3v) is 5.73. The Hall–Kier alpha value is -1.15. The molecule has 1 aliphatic heterocycles. The molecule has 8 heteroatoms. The summed E-state index contributed by atoms with van der Waals surface area (Å²) in [5.74, 6) is -1.06. The molecule has 1 saturated heterocycles. The molecule has 6 nitrogen and oxygen atoms in total. The zero-order valence-electron chi connectivity index (χ0n) is 12.1. The normalized spacial score (nSPS) is 18.1. The van der Waals surface area contributed by atoms with Crippen molar-refractivity contribution in [2.24, 2.45) is 0 Å². The summed E-state index contributed by atoms with van der Waals surface area (Å²) in [6.45, 7) is 2.44. The number of benzene rings is 1. The monoisotopic (exact) mass is 347 g/mol. The fraction of sp³-hybridized carbons (Fsp3) is 0.500. The first-order chi connectivity index (χ1) is 10.2. The zero-order chi connectivity index (χ0) is 16.4. The van der Waals surface area contributed by atoms with E-state index in [4.69, 9.17) is 21.4 Å². The van der Waals surface area contributed by atoms with Gasteiger partial charge in [-0.25, -0.2) is 13.1 Å². The van der Waals surface area contributed by atoms with E-state index in [1.807, 2.05) is 0 Å². The molecule has 1 aromatic rings. The van der Waals surface area contributed by atoms with Gasteiger partial charge in [-0.2, -0.15) is 0 Å². The standard InChI is InChI=1S/C14H18ClNO5S/c1-10-2-3-12(11(15)8-10)22(19,20)16-14(9-13(17)18)4-6-21-7-5-14/h2-3,8,16H,4-7,9H2,1H3,(H,17,18). The molecule has 2 rings (SSSR count). The molecular formula is C14H18ClNO5S. The third kappa shape index (κ3) is 3.98. The summed E-state index contributed by atoms with van der Waals surface area (Å²) in [4.78, 5) is 11.1. The Labute approximate surface area is 134 Å². The van der Waals surface area contributed by atoms with Crippen LogP contribution in [0.25, 0.3) is 0 Å². The summed E-state index contributed by atoms with van der Waals surface area (Å²) in [6, 6.07) is 4.63. The van der Waals surface area contributed by atoms with E-state index in [9.17, 15) is 13.2 Å². The van der Waals surface area contributed by atoms with E-state index < -0.39 is 21.5 Å². The van der Waals surface area contributed by atoms with Gasteiger partial charge >= 0.3 is 5.97 Å². The van der Waals surface area contributed by atoms with Gasteiger partial charge in [0.05, 0.1) is 11.4 Å².